The summed E-state index contributed by atoms with van der Waals surface area (Å²) >= 11 is 5.98. The zero-order valence-corrected chi connectivity index (χ0v) is 15.2. The van der Waals surface area contributed by atoms with E-state index in [2.05, 4.69) is 11.8 Å². The Balaban J connectivity index is 1.72. The van der Waals surface area contributed by atoms with Gasteiger partial charge in [0.25, 0.3) is 0 Å². The summed E-state index contributed by atoms with van der Waals surface area (Å²) in [5.74, 6) is 1.44. The summed E-state index contributed by atoms with van der Waals surface area (Å²) in [4.78, 5) is 2.55. The van der Waals surface area contributed by atoms with E-state index in [1.54, 1.807) is 0 Å². The van der Waals surface area contributed by atoms with Crippen LogP contribution >= 0.6 is 11.6 Å². The summed E-state index contributed by atoms with van der Waals surface area (Å²) < 4.78 is 11.6. The maximum atomic E-state index is 5.98. The van der Waals surface area contributed by atoms with Crippen LogP contribution in [0.2, 0.25) is 5.02 Å². The van der Waals surface area contributed by atoms with Gasteiger partial charge in [-0.1, -0.05) is 37.4 Å². The van der Waals surface area contributed by atoms with Crippen molar-refractivity contribution in [3.05, 3.63) is 29.3 Å². The van der Waals surface area contributed by atoms with Gasteiger partial charge < -0.3 is 14.4 Å². The molecule has 2 atom stereocenters. The van der Waals surface area contributed by atoms with Crippen LogP contribution in [-0.2, 0) is 4.74 Å². The maximum Gasteiger partial charge on any atom is 0.120 e. The minimum Gasteiger partial charge on any atom is -0.494 e. The molecule has 0 spiro atoms. The number of piperidine rings is 1. The quantitative estimate of drug-likeness (QED) is 0.612. The average Bonchev–Trinajstić information content (AvgIpc) is 2.56. The maximum absolute atomic E-state index is 5.98. The van der Waals surface area contributed by atoms with Crippen LogP contribution in [0.25, 0.3) is 0 Å². The molecule has 2 rings (SSSR count). The highest BCUT2D eigenvalue weighted by atomic mass is 35.5. The van der Waals surface area contributed by atoms with Gasteiger partial charge in [-0.2, -0.15) is 0 Å². The molecule has 1 aromatic carbocycles. The molecule has 0 bridgehead atoms. The van der Waals surface area contributed by atoms with Gasteiger partial charge in [-0.25, -0.2) is 0 Å². The molecule has 130 valence electrons. The van der Waals surface area contributed by atoms with Crippen molar-refractivity contribution in [2.45, 2.75) is 45.1 Å². The van der Waals surface area contributed by atoms with Gasteiger partial charge >= 0.3 is 0 Å². The summed E-state index contributed by atoms with van der Waals surface area (Å²) in [6.07, 6.45) is 6.47. The Hall–Kier alpha value is -0.770. The fourth-order valence-corrected chi connectivity index (χ4v) is 3.48. The number of rotatable bonds is 9. The Kier molecular flexibility index (Phi) is 8.21. The number of likely N-dealkylation sites (tertiary alicyclic amines) is 1. The smallest absolute Gasteiger partial charge is 0.120 e. The van der Waals surface area contributed by atoms with E-state index in [1.807, 2.05) is 31.4 Å². The molecular formula is C19H30ClNO2. The third-order valence-corrected chi connectivity index (χ3v) is 4.95. The number of methoxy groups -OCH3 is 1. The average molecular weight is 340 g/mol. The second kappa shape index (κ2) is 10.2. The summed E-state index contributed by atoms with van der Waals surface area (Å²) in [5, 5.41) is 0.720. The molecule has 1 aliphatic heterocycles. The number of unbranched alkanes of at least 4 members (excludes halogenated alkanes) is 2. The molecule has 1 aliphatic rings. The minimum atomic E-state index is 0.327. The summed E-state index contributed by atoms with van der Waals surface area (Å²) in [6, 6.07) is 7.61. The van der Waals surface area contributed by atoms with Crippen molar-refractivity contribution in [1.82, 2.24) is 4.90 Å². The molecule has 0 radical (unpaired) electrons. The van der Waals surface area contributed by atoms with E-state index in [-0.39, 0.29) is 0 Å². The first-order chi connectivity index (χ1) is 11.2. The monoisotopic (exact) mass is 339 g/mol. The fourth-order valence-electron chi connectivity index (χ4n) is 3.30. The van der Waals surface area contributed by atoms with Gasteiger partial charge in [0.15, 0.2) is 0 Å². The summed E-state index contributed by atoms with van der Waals surface area (Å²) in [5.41, 5.74) is 0. The van der Waals surface area contributed by atoms with E-state index in [0.29, 0.717) is 12.0 Å². The fraction of sp³-hybridized carbons (Fsp3) is 0.684. The van der Waals surface area contributed by atoms with Crippen LogP contribution in [0.4, 0.5) is 0 Å². The largest absolute Gasteiger partial charge is 0.494 e. The Labute approximate surface area is 145 Å². The third-order valence-electron chi connectivity index (χ3n) is 4.71. The van der Waals surface area contributed by atoms with Gasteiger partial charge in [0, 0.05) is 18.7 Å². The van der Waals surface area contributed by atoms with Gasteiger partial charge in [0.1, 0.15) is 5.75 Å². The molecule has 1 aromatic rings. The van der Waals surface area contributed by atoms with Crippen molar-refractivity contribution >= 4 is 11.6 Å². The van der Waals surface area contributed by atoms with Crippen molar-refractivity contribution in [2.75, 3.05) is 33.4 Å². The van der Waals surface area contributed by atoms with Gasteiger partial charge in [0.2, 0.25) is 0 Å². The highest BCUT2D eigenvalue weighted by molar-refractivity contribution is 6.30. The van der Waals surface area contributed by atoms with Crippen molar-refractivity contribution in [1.29, 1.82) is 0 Å². The van der Waals surface area contributed by atoms with Crippen LogP contribution < -0.4 is 4.74 Å². The molecule has 0 unspecified atom stereocenters. The predicted molar refractivity (Wildman–Crippen MR) is 96.4 cm³/mol. The van der Waals surface area contributed by atoms with Crippen molar-refractivity contribution in [3.63, 3.8) is 0 Å². The van der Waals surface area contributed by atoms with Crippen LogP contribution in [0.1, 0.15) is 39.0 Å². The van der Waals surface area contributed by atoms with Crippen LogP contribution in [-0.4, -0.2) is 44.4 Å². The summed E-state index contributed by atoms with van der Waals surface area (Å²) in [7, 11) is 1.84. The molecule has 4 heteroatoms. The van der Waals surface area contributed by atoms with Gasteiger partial charge in [-0.05, 0) is 56.5 Å². The molecule has 0 saturated carbocycles. The lowest BCUT2D eigenvalue weighted by molar-refractivity contribution is -0.0180. The van der Waals surface area contributed by atoms with Crippen LogP contribution in [0.15, 0.2) is 24.3 Å². The molecule has 23 heavy (non-hydrogen) atoms. The molecule has 0 aromatic heterocycles. The first-order valence-electron chi connectivity index (χ1n) is 8.86. The number of nitrogens with zero attached hydrogens (tertiary/aromatic N) is 1. The lowest BCUT2D eigenvalue weighted by Gasteiger charge is -2.37. The number of hydrogen-bond acceptors (Lipinski definition) is 3. The Morgan fingerprint density at radius 3 is 2.91 bits per heavy atom. The predicted octanol–water partition coefficient (Wildman–Crippen LogP) is 4.64. The Morgan fingerprint density at radius 2 is 2.17 bits per heavy atom. The summed E-state index contributed by atoms with van der Waals surface area (Å²) in [6.45, 7) is 6.43. The molecule has 1 saturated heterocycles. The molecule has 0 N–H and O–H groups in total. The van der Waals surface area contributed by atoms with Gasteiger partial charge in [-0.3, -0.25) is 0 Å². The number of halogens is 1. The van der Waals surface area contributed by atoms with Gasteiger partial charge in [-0.15, -0.1) is 0 Å². The van der Waals surface area contributed by atoms with Crippen molar-refractivity contribution in [2.24, 2.45) is 5.92 Å². The zero-order chi connectivity index (χ0) is 16.5. The molecule has 0 amide bonds. The second-order valence-corrected chi connectivity index (χ2v) is 6.86. The van der Waals surface area contributed by atoms with E-state index in [0.717, 1.165) is 30.3 Å². The number of benzene rings is 1. The van der Waals surface area contributed by atoms with Crippen LogP contribution in [0.5, 0.6) is 5.75 Å². The van der Waals surface area contributed by atoms with Gasteiger partial charge in [0.05, 0.1) is 12.7 Å². The SMILES string of the molecule is CCCCCN1CC[C@@H](CCOc2cccc(Cl)c2)[C@@H](OC)C1. The van der Waals surface area contributed by atoms with E-state index < -0.39 is 0 Å². The van der Waals surface area contributed by atoms with Crippen LogP contribution in [0.3, 0.4) is 0 Å². The highest BCUT2D eigenvalue weighted by Gasteiger charge is 2.28. The lowest BCUT2D eigenvalue weighted by atomic mass is 9.91. The number of hydrogen-bond donors (Lipinski definition) is 0. The lowest BCUT2D eigenvalue weighted by Crippen LogP contribution is -2.45. The standard InChI is InChI=1S/C19H30ClNO2/c1-3-4-5-11-21-12-9-16(19(15-21)22-2)10-13-23-18-8-6-7-17(20)14-18/h6-8,14,16,19H,3-5,9-13,15H2,1-2H3/t16-,19-/m0/s1. The third kappa shape index (κ3) is 6.33. The first-order valence-corrected chi connectivity index (χ1v) is 9.24. The van der Waals surface area contributed by atoms with Crippen molar-refractivity contribution in [3.8, 4) is 5.75 Å². The van der Waals surface area contributed by atoms with E-state index in [9.17, 15) is 0 Å². The normalized spacial score (nSPS) is 22.2. The number of ether oxygens (including phenoxy) is 2. The molecule has 0 aliphatic carbocycles. The van der Waals surface area contributed by atoms with E-state index >= 15 is 0 Å². The Morgan fingerprint density at radius 1 is 1.30 bits per heavy atom. The Bertz CT molecular complexity index is 455. The zero-order valence-electron chi connectivity index (χ0n) is 14.5. The molecular weight excluding hydrogens is 310 g/mol. The molecule has 1 heterocycles. The van der Waals surface area contributed by atoms with Crippen molar-refractivity contribution < 1.29 is 9.47 Å². The van der Waals surface area contributed by atoms with E-state index in [1.165, 1.54) is 38.8 Å². The molecule has 3 nitrogen and oxygen atoms in total. The highest BCUT2D eigenvalue weighted by Crippen LogP contribution is 2.24. The minimum absolute atomic E-state index is 0.327. The first kappa shape index (κ1) is 18.6. The van der Waals surface area contributed by atoms with E-state index in [4.69, 9.17) is 21.1 Å². The van der Waals surface area contributed by atoms with Crippen LogP contribution in [0, 0.1) is 5.92 Å². The molecule has 1 fully saturated rings. The topological polar surface area (TPSA) is 21.7 Å². The second-order valence-electron chi connectivity index (χ2n) is 6.43.